The fraction of sp³-hybridized carbons (Fsp3) is 0. The van der Waals surface area contributed by atoms with Crippen LogP contribution >= 0.6 is 11.8 Å². The summed E-state index contributed by atoms with van der Waals surface area (Å²) in [6.07, 6.45) is 4.16. The highest BCUT2D eigenvalue weighted by Gasteiger charge is 2.08. The van der Waals surface area contributed by atoms with Gasteiger partial charge in [-0.1, -0.05) is 48.2 Å². The number of H-pyrrole nitrogens is 2. The molecule has 19 heavy (non-hydrogen) atoms. The highest BCUT2D eigenvalue weighted by molar-refractivity contribution is 7.99. The second-order valence-electron chi connectivity index (χ2n) is 4.50. The summed E-state index contributed by atoms with van der Waals surface area (Å²) in [5, 5.41) is 2.55. The van der Waals surface area contributed by atoms with Gasteiger partial charge in [-0.05, 0) is 12.1 Å². The summed E-state index contributed by atoms with van der Waals surface area (Å²) < 4.78 is 0. The minimum Gasteiger partial charge on any atom is -0.360 e. The smallest absolute Gasteiger partial charge is 0.0465 e. The van der Waals surface area contributed by atoms with Gasteiger partial charge in [0.15, 0.2) is 0 Å². The third-order valence-electron chi connectivity index (χ3n) is 3.32. The van der Waals surface area contributed by atoms with Gasteiger partial charge in [-0.15, -0.1) is 0 Å². The molecular weight excluding hydrogens is 252 g/mol. The lowest BCUT2D eigenvalue weighted by atomic mass is 10.2. The third kappa shape index (κ3) is 1.74. The molecule has 0 saturated heterocycles. The van der Waals surface area contributed by atoms with Crippen LogP contribution in [0.5, 0.6) is 0 Å². The highest BCUT2D eigenvalue weighted by Crippen LogP contribution is 2.37. The molecule has 0 unspecified atom stereocenters. The van der Waals surface area contributed by atoms with E-state index in [0.29, 0.717) is 0 Å². The minimum atomic E-state index is 1.19. The van der Waals surface area contributed by atoms with Gasteiger partial charge in [-0.2, -0.15) is 0 Å². The van der Waals surface area contributed by atoms with Gasteiger partial charge < -0.3 is 9.97 Å². The Morgan fingerprint density at radius 3 is 1.63 bits per heavy atom. The van der Waals surface area contributed by atoms with E-state index in [4.69, 9.17) is 0 Å². The van der Waals surface area contributed by atoms with Crippen molar-refractivity contribution in [2.75, 3.05) is 0 Å². The van der Waals surface area contributed by atoms with Crippen LogP contribution in [-0.4, -0.2) is 9.97 Å². The highest BCUT2D eigenvalue weighted by atomic mass is 32.2. The topological polar surface area (TPSA) is 31.6 Å². The molecule has 2 heterocycles. The molecule has 0 atom stereocenters. The third-order valence-corrected chi connectivity index (χ3v) is 4.44. The average Bonchev–Trinajstić information content (AvgIpc) is 3.05. The normalized spacial score (nSPS) is 11.4. The molecule has 0 saturated carbocycles. The Labute approximate surface area is 114 Å². The number of nitrogens with one attached hydrogen (secondary N) is 2. The molecule has 0 bridgehead atoms. The fourth-order valence-electron chi connectivity index (χ4n) is 2.38. The Kier molecular flexibility index (Phi) is 2.38. The maximum atomic E-state index is 3.32. The van der Waals surface area contributed by atoms with E-state index in [0.717, 1.165) is 0 Å². The first-order valence-corrected chi connectivity index (χ1v) is 7.03. The molecule has 0 fully saturated rings. The van der Waals surface area contributed by atoms with E-state index in [1.54, 1.807) is 11.8 Å². The van der Waals surface area contributed by atoms with E-state index in [-0.39, 0.29) is 0 Å². The summed E-state index contributed by atoms with van der Waals surface area (Å²) in [4.78, 5) is 9.16. The minimum absolute atomic E-state index is 1.19. The number of hydrogen-bond donors (Lipinski definition) is 2. The lowest BCUT2D eigenvalue weighted by molar-refractivity contribution is 1.39. The van der Waals surface area contributed by atoms with Crippen LogP contribution in [0.25, 0.3) is 21.8 Å². The maximum absolute atomic E-state index is 3.32. The molecule has 0 spiro atoms. The number of aromatic nitrogens is 2. The van der Waals surface area contributed by atoms with Crippen LogP contribution in [0.3, 0.4) is 0 Å². The Morgan fingerprint density at radius 2 is 1.11 bits per heavy atom. The first-order valence-electron chi connectivity index (χ1n) is 6.22. The van der Waals surface area contributed by atoms with Crippen molar-refractivity contribution in [1.82, 2.24) is 9.97 Å². The summed E-state index contributed by atoms with van der Waals surface area (Å²) in [6.45, 7) is 0. The number of aromatic amines is 2. The zero-order valence-corrected chi connectivity index (χ0v) is 11.0. The lowest BCUT2D eigenvalue weighted by Crippen LogP contribution is -1.70. The SMILES string of the molecule is c1ccc2c(Sc3c[nH]c4ccccc34)c[nH]c2c1. The predicted molar refractivity (Wildman–Crippen MR) is 80.7 cm³/mol. The number of rotatable bonds is 2. The molecule has 0 aliphatic heterocycles. The second kappa shape index (κ2) is 4.21. The van der Waals surface area contributed by atoms with Crippen LogP contribution in [0.15, 0.2) is 70.7 Å². The van der Waals surface area contributed by atoms with E-state index in [9.17, 15) is 0 Å². The molecule has 0 aliphatic carbocycles. The van der Waals surface area contributed by atoms with Crippen molar-refractivity contribution < 1.29 is 0 Å². The van der Waals surface area contributed by atoms with Crippen LogP contribution in [0.2, 0.25) is 0 Å². The van der Waals surface area contributed by atoms with Gasteiger partial charge in [0, 0.05) is 44.0 Å². The molecule has 3 heteroatoms. The van der Waals surface area contributed by atoms with Crippen molar-refractivity contribution in [2.45, 2.75) is 9.79 Å². The molecule has 4 aromatic rings. The summed E-state index contributed by atoms with van der Waals surface area (Å²) in [7, 11) is 0. The Morgan fingerprint density at radius 1 is 0.632 bits per heavy atom. The van der Waals surface area contributed by atoms with Crippen molar-refractivity contribution in [1.29, 1.82) is 0 Å². The largest absolute Gasteiger partial charge is 0.360 e. The fourth-order valence-corrected chi connectivity index (χ4v) is 3.43. The zero-order chi connectivity index (χ0) is 12.7. The molecule has 0 aliphatic rings. The maximum Gasteiger partial charge on any atom is 0.0465 e. The molecule has 0 radical (unpaired) electrons. The molecular formula is C16H12N2S. The Bertz CT molecular complexity index is 785. The van der Waals surface area contributed by atoms with E-state index in [1.807, 2.05) is 0 Å². The molecule has 2 aromatic heterocycles. The number of benzene rings is 2. The second-order valence-corrected chi connectivity index (χ2v) is 5.58. The van der Waals surface area contributed by atoms with Gasteiger partial charge in [-0.3, -0.25) is 0 Å². The van der Waals surface area contributed by atoms with Gasteiger partial charge in [-0.25, -0.2) is 0 Å². The first-order chi connectivity index (χ1) is 9.42. The number of para-hydroxylation sites is 2. The molecule has 2 nitrogen and oxygen atoms in total. The van der Waals surface area contributed by atoms with Crippen molar-refractivity contribution in [3.8, 4) is 0 Å². The molecule has 92 valence electrons. The van der Waals surface area contributed by atoms with Gasteiger partial charge >= 0.3 is 0 Å². The van der Waals surface area contributed by atoms with Crippen LogP contribution < -0.4 is 0 Å². The van der Waals surface area contributed by atoms with Gasteiger partial charge in [0.05, 0.1) is 0 Å². The van der Waals surface area contributed by atoms with Gasteiger partial charge in [0.25, 0.3) is 0 Å². The molecule has 2 N–H and O–H groups in total. The summed E-state index contributed by atoms with van der Waals surface area (Å²) in [5.41, 5.74) is 2.37. The summed E-state index contributed by atoms with van der Waals surface area (Å²) in [5.74, 6) is 0. The molecule has 0 amide bonds. The lowest BCUT2D eigenvalue weighted by Gasteiger charge is -1.98. The van der Waals surface area contributed by atoms with Crippen molar-refractivity contribution in [3.63, 3.8) is 0 Å². The van der Waals surface area contributed by atoms with Crippen LogP contribution in [0.4, 0.5) is 0 Å². The van der Waals surface area contributed by atoms with Crippen molar-refractivity contribution in [2.24, 2.45) is 0 Å². The summed E-state index contributed by atoms with van der Waals surface area (Å²) in [6, 6.07) is 16.8. The number of fused-ring (bicyclic) bond motifs is 2. The standard InChI is InChI=1S/C16H12N2S/c1-3-7-13-11(5-1)15(9-17-13)19-16-10-18-14-8-4-2-6-12(14)16/h1-10,17-18H. The van der Waals surface area contributed by atoms with E-state index < -0.39 is 0 Å². The monoisotopic (exact) mass is 264 g/mol. The van der Waals surface area contributed by atoms with E-state index in [1.165, 1.54) is 31.6 Å². The van der Waals surface area contributed by atoms with Crippen molar-refractivity contribution in [3.05, 3.63) is 60.9 Å². The predicted octanol–water partition coefficient (Wildman–Crippen LogP) is 4.80. The quantitative estimate of drug-likeness (QED) is 0.535. The van der Waals surface area contributed by atoms with E-state index in [2.05, 4.69) is 70.9 Å². The van der Waals surface area contributed by atoms with Crippen LogP contribution in [-0.2, 0) is 0 Å². The van der Waals surface area contributed by atoms with E-state index >= 15 is 0 Å². The van der Waals surface area contributed by atoms with Crippen LogP contribution in [0.1, 0.15) is 0 Å². The molecule has 2 aromatic carbocycles. The Hall–Kier alpha value is -2.13. The first kappa shape index (κ1) is 10.8. The Balaban J connectivity index is 1.82. The van der Waals surface area contributed by atoms with Gasteiger partial charge in [0.2, 0.25) is 0 Å². The zero-order valence-electron chi connectivity index (χ0n) is 10.2. The average molecular weight is 264 g/mol. The number of hydrogen-bond acceptors (Lipinski definition) is 1. The van der Waals surface area contributed by atoms with Gasteiger partial charge in [0.1, 0.15) is 0 Å². The molecule has 4 rings (SSSR count). The summed E-state index contributed by atoms with van der Waals surface area (Å²) >= 11 is 1.80. The van der Waals surface area contributed by atoms with Crippen LogP contribution in [0, 0.1) is 0 Å². The van der Waals surface area contributed by atoms with Crippen molar-refractivity contribution >= 4 is 33.6 Å².